The van der Waals surface area contributed by atoms with Crippen molar-refractivity contribution in [3.63, 3.8) is 0 Å². The lowest BCUT2D eigenvalue weighted by atomic mass is 9.95. The molecular weight excluding hydrogens is 342 g/mol. The number of amides is 1. The molecule has 0 fully saturated rings. The summed E-state index contributed by atoms with van der Waals surface area (Å²) in [5.41, 5.74) is 4.50. The van der Waals surface area contributed by atoms with Gasteiger partial charge in [0.1, 0.15) is 12.4 Å². The summed E-state index contributed by atoms with van der Waals surface area (Å²) in [6.45, 7) is 2.74. The monoisotopic (exact) mass is 367 g/mol. The number of rotatable bonds is 4. The van der Waals surface area contributed by atoms with Crippen LogP contribution in [0.4, 0.5) is 0 Å². The number of para-hydroxylation sites is 1. The second-order valence-electron chi connectivity index (χ2n) is 7.24. The number of ether oxygens (including phenoxy) is 2. The molecule has 0 radical (unpaired) electrons. The summed E-state index contributed by atoms with van der Waals surface area (Å²) < 4.78 is 11.1. The molecule has 2 heterocycles. The van der Waals surface area contributed by atoms with Gasteiger partial charge in [-0.05, 0) is 56.2 Å². The van der Waals surface area contributed by atoms with E-state index in [4.69, 9.17) is 9.47 Å². The van der Waals surface area contributed by atoms with Crippen LogP contribution in [0.3, 0.4) is 0 Å². The van der Waals surface area contributed by atoms with E-state index in [1.54, 1.807) is 7.11 Å². The molecule has 1 aliphatic carbocycles. The average Bonchev–Trinajstić information content (AvgIpc) is 2.71. The van der Waals surface area contributed by atoms with E-state index in [0.29, 0.717) is 31.1 Å². The summed E-state index contributed by atoms with van der Waals surface area (Å²) >= 11 is 0. The lowest BCUT2D eigenvalue weighted by molar-refractivity contribution is -0.126. The number of hydrogen-bond donors (Lipinski definition) is 1. The van der Waals surface area contributed by atoms with Crippen LogP contribution in [0, 0.1) is 12.8 Å². The number of benzene rings is 1. The molecule has 0 saturated carbocycles. The molecule has 2 aromatic rings. The summed E-state index contributed by atoms with van der Waals surface area (Å²) in [5.74, 6) is 1.91. The lowest BCUT2D eigenvalue weighted by Crippen LogP contribution is -2.37. The zero-order chi connectivity index (χ0) is 18.8. The van der Waals surface area contributed by atoms with Crippen LogP contribution in [0.2, 0.25) is 0 Å². The summed E-state index contributed by atoms with van der Waals surface area (Å²) in [7, 11) is 1.62. The molecule has 1 aliphatic heterocycles. The van der Waals surface area contributed by atoms with Gasteiger partial charge in [0.05, 0.1) is 19.6 Å². The van der Waals surface area contributed by atoms with E-state index in [9.17, 15) is 4.79 Å². The molecule has 0 saturated heterocycles. The number of methoxy groups -OCH3 is 1. The van der Waals surface area contributed by atoms with Crippen molar-refractivity contribution >= 4 is 5.91 Å². The Balaban J connectivity index is 1.41. The summed E-state index contributed by atoms with van der Waals surface area (Å²) in [5, 5.41) is 2.99. The first kappa shape index (κ1) is 17.8. The van der Waals surface area contributed by atoms with Crippen LogP contribution in [0.15, 0.2) is 18.2 Å². The van der Waals surface area contributed by atoms with Crippen LogP contribution in [-0.2, 0) is 30.6 Å². The Hall–Kier alpha value is -2.63. The summed E-state index contributed by atoms with van der Waals surface area (Å²) in [6.07, 6.45) is 5.10. The van der Waals surface area contributed by atoms with Gasteiger partial charge in [0.15, 0.2) is 11.5 Å². The van der Waals surface area contributed by atoms with E-state index in [-0.39, 0.29) is 11.8 Å². The minimum atomic E-state index is -0.219. The topological polar surface area (TPSA) is 73.3 Å². The van der Waals surface area contributed by atoms with Crippen LogP contribution < -0.4 is 14.8 Å². The maximum Gasteiger partial charge on any atom is 0.227 e. The van der Waals surface area contributed by atoms with Gasteiger partial charge < -0.3 is 14.8 Å². The number of fused-ring (bicyclic) bond motifs is 2. The second kappa shape index (κ2) is 7.55. The average molecular weight is 367 g/mol. The predicted octanol–water partition coefficient (Wildman–Crippen LogP) is 2.54. The molecule has 1 unspecified atom stereocenters. The van der Waals surface area contributed by atoms with E-state index in [0.717, 1.165) is 35.5 Å². The van der Waals surface area contributed by atoms with Gasteiger partial charge in [-0.2, -0.15) is 0 Å². The third-order valence-electron chi connectivity index (χ3n) is 5.40. The summed E-state index contributed by atoms with van der Waals surface area (Å²) in [4.78, 5) is 21.9. The SMILES string of the molecule is COc1cccc2c1OCC(C(=O)NCc1nc(C)c3c(n1)CCCC3)C2. The minimum Gasteiger partial charge on any atom is -0.493 e. The zero-order valence-electron chi connectivity index (χ0n) is 15.9. The van der Waals surface area contributed by atoms with Gasteiger partial charge in [0.25, 0.3) is 0 Å². The van der Waals surface area contributed by atoms with Gasteiger partial charge in [-0.1, -0.05) is 12.1 Å². The van der Waals surface area contributed by atoms with Gasteiger partial charge in [-0.15, -0.1) is 0 Å². The Labute approximate surface area is 159 Å². The standard InChI is InChI=1S/C21H25N3O3/c1-13-16-7-3-4-8-17(16)24-19(23-13)11-22-21(25)15-10-14-6-5-9-18(26-2)20(14)27-12-15/h5-6,9,15H,3-4,7-8,10-12H2,1-2H3,(H,22,25). The highest BCUT2D eigenvalue weighted by molar-refractivity contribution is 5.79. The molecule has 27 heavy (non-hydrogen) atoms. The Morgan fingerprint density at radius 1 is 1.30 bits per heavy atom. The number of hydrogen-bond acceptors (Lipinski definition) is 5. The highest BCUT2D eigenvalue weighted by Crippen LogP contribution is 2.36. The largest absolute Gasteiger partial charge is 0.493 e. The van der Waals surface area contributed by atoms with E-state index < -0.39 is 0 Å². The number of carbonyl (C=O) groups excluding carboxylic acids is 1. The van der Waals surface area contributed by atoms with Crippen molar-refractivity contribution in [2.24, 2.45) is 5.92 Å². The van der Waals surface area contributed by atoms with Gasteiger partial charge in [-0.3, -0.25) is 4.79 Å². The molecule has 0 bridgehead atoms. The smallest absolute Gasteiger partial charge is 0.227 e. The molecule has 1 atom stereocenters. The number of aryl methyl sites for hydroxylation is 2. The first-order valence-electron chi connectivity index (χ1n) is 9.57. The molecule has 142 valence electrons. The normalized spacial score (nSPS) is 18.1. The molecule has 6 nitrogen and oxygen atoms in total. The van der Waals surface area contributed by atoms with Gasteiger partial charge >= 0.3 is 0 Å². The maximum absolute atomic E-state index is 12.6. The van der Waals surface area contributed by atoms with Crippen LogP contribution >= 0.6 is 0 Å². The van der Waals surface area contributed by atoms with Gasteiger partial charge in [0, 0.05) is 11.4 Å². The van der Waals surface area contributed by atoms with Crippen molar-refractivity contribution in [2.45, 2.75) is 45.6 Å². The Morgan fingerprint density at radius 3 is 3.00 bits per heavy atom. The first-order chi connectivity index (χ1) is 13.2. The van der Waals surface area contributed by atoms with E-state index in [2.05, 4.69) is 15.3 Å². The Kier molecular flexibility index (Phi) is 4.97. The van der Waals surface area contributed by atoms with Crippen molar-refractivity contribution in [3.8, 4) is 11.5 Å². The highest BCUT2D eigenvalue weighted by atomic mass is 16.5. The zero-order valence-corrected chi connectivity index (χ0v) is 15.9. The van der Waals surface area contributed by atoms with Crippen LogP contribution in [0.5, 0.6) is 11.5 Å². The Morgan fingerprint density at radius 2 is 2.15 bits per heavy atom. The van der Waals surface area contributed by atoms with E-state index >= 15 is 0 Å². The fourth-order valence-corrected chi connectivity index (χ4v) is 3.96. The molecule has 2 aliphatic rings. The fourth-order valence-electron chi connectivity index (χ4n) is 3.96. The van der Waals surface area contributed by atoms with E-state index in [1.165, 1.54) is 18.4 Å². The Bertz CT molecular complexity index is 866. The van der Waals surface area contributed by atoms with Crippen LogP contribution in [0.1, 0.15) is 41.2 Å². The number of nitrogens with zero attached hydrogens (tertiary/aromatic N) is 2. The quantitative estimate of drug-likeness (QED) is 0.899. The number of carbonyl (C=O) groups is 1. The minimum absolute atomic E-state index is 0.0255. The molecule has 1 amide bonds. The molecule has 1 N–H and O–H groups in total. The fraction of sp³-hybridized carbons (Fsp3) is 0.476. The molecule has 6 heteroatoms. The van der Waals surface area contributed by atoms with Crippen molar-refractivity contribution in [3.05, 3.63) is 46.5 Å². The second-order valence-corrected chi connectivity index (χ2v) is 7.24. The number of aromatic nitrogens is 2. The van der Waals surface area contributed by atoms with Crippen molar-refractivity contribution in [2.75, 3.05) is 13.7 Å². The lowest BCUT2D eigenvalue weighted by Gasteiger charge is -2.25. The van der Waals surface area contributed by atoms with Crippen LogP contribution in [0.25, 0.3) is 0 Å². The first-order valence-corrected chi connectivity index (χ1v) is 9.57. The third-order valence-corrected chi connectivity index (χ3v) is 5.40. The number of nitrogens with one attached hydrogen (secondary N) is 1. The highest BCUT2D eigenvalue weighted by Gasteiger charge is 2.28. The summed E-state index contributed by atoms with van der Waals surface area (Å²) in [6, 6.07) is 5.77. The molecular formula is C21H25N3O3. The predicted molar refractivity (Wildman–Crippen MR) is 101 cm³/mol. The molecule has 1 aromatic heterocycles. The third kappa shape index (κ3) is 3.61. The molecule has 0 spiro atoms. The van der Waals surface area contributed by atoms with Crippen molar-refractivity contribution < 1.29 is 14.3 Å². The van der Waals surface area contributed by atoms with Crippen molar-refractivity contribution in [1.82, 2.24) is 15.3 Å². The van der Waals surface area contributed by atoms with Gasteiger partial charge in [0.2, 0.25) is 5.91 Å². The maximum atomic E-state index is 12.6. The van der Waals surface area contributed by atoms with E-state index in [1.807, 2.05) is 25.1 Å². The molecule has 1 aromatic carbocycles. The molecule has 4 rings (SSSR count). The van der Waals surface area contributed by atoms with Gasteiger partial charge in [-0.25, -0.2) is 9.97 Å². The van der Waals surface area contributed by atoms with Crippen LogP contribution in [-0.4, -0.2) is 29.6 Å². The van der Waals surface area contributed by atoms with Crippen molar-refractivity contribution in [1.29, 1.82) is 0 Å².